The lowest BCUT2D eigenvalue weighted by molar-refractivity contribution is 0.284. The molecule has 0 aliphatic rings. The molecule has 7 nitrogen and oxygen atoms in total. The molecule has 0 radical (unpaired) electrons. The van der Waals surface area contributed by atoms with E-state index in [-0.39, 0.29) is 12.4 Å². The molecule has 10 heteroatoms. The second-order valence-corrected chi connectivity index (χ2v) is 7.59. The van der Waals surface area contributed by atoms with Crippen molar-refractivity contribution in [1.82, 2.24) is 25.5 Å². The molecule has 0 saturated carbocycles. The monoisotopic (exact) mass is 437 g/mol. The molecule has 154 valence electrons. The largest absolute Gasteiger partial charge is 0.493 e. The third-order valence-corrected chi connectivity index (χ3v) is 5.41. The van der Waals surface area contributed by atoms with Crippen molar-refractivity contribution in [3.8, 4) is 11.5 Å². The lowest BCUT2D eigenvalue weighted by Crippen LogP contribution is -2.16. The van der Waals surface area contributed by atoms with E-state index in [1.165, 1.54) is 12.1 Å². The van der Waals surface area contributed by atoms with Crippen molar-refractivity contribution in [2.75, 3.05) is 19.4 Å². The molecule has 3 rings (SSSR count). The predicted molar refractivity (Wildman–Crippen MR) is 110 cm³/mol. The van der Waals surface area contributed by atoms with Crippen LogP contribution in [-0.2, 0) is 20.2 Å². The van der Waals surface area contributed by atoms with Gasteiger partial charge in [0.2, 0.25) is 5.16 Å². The van der Waals surface area contributed by atoms with Crippen LogP contribution in [0.3, 0.4) is 0 Å². The summed E-state index contributed by atoms with van der Waals surface area (Å²) in [7, 11) is 3.41. The van der Waals surface area contributed by atoms with Crippen molar-refractivity contribution in [3.05, 3.63) is 58.4 Å². The van der Waals surface area contributed by atoms with E-state index in [1.54, 1.807) is 29.6 Å². The van der Waals surface area contributed by atoms with Crippen molar-refractivity contribution in [2.45, 2.75) is 18.3 Å². The van der Waals surface area contributed by atoms with E-state index in [0.717, 1.165) is 23.0 Å². The van der Waals surface area contributed by atoms with Crippen molar-refractivity contribution >= 4 is 23.4 Å². The smallest absolute Gasteiger partial charge is 0.209 e. The maximum Gasteiger partial charge on any atom is 0.209 e. The number of ether oxygens (including phenoxy) is 2. The van der Waals surface area contributed by atoms with Gasteiger partial charge in [-0.05, 0) is 40.3 Å². The predicted octanol–water partition coefficient (Wildman–Crippen LogP) is 3.47. The standard InChI is InChI=1S/C19H21ClFN5O2S/c1-26-19(23-24-25-26)29-8-7-22-11-13-3-6-17(18(9-13)27-2)28-12-14-4-5-15(21)10-16(14)20/h3-6,9-10,22H,7-8,11-12H2,1-2H3. The Hall–Kier alpha value is -2.36. The number of aromatic nitrogens is 4. The van der Waals surface area contributed by atoms with Crippen LogP contribution >= 0.6 is 23.4 Å². The fraction of sp³-hybridized carbons (Fsp3) is 0.316. The van der Waals surface area contributed by atoms with Gasteiger partial charge in [-0.2, -0.15) is 0 Å². The number of thioether (sulfide) groups is 1. The maximum atomic E-state index is 13.2. The molecule has 0 atom stereocenters. The molecule has 29 heavy (non-hydrogen) atoms. The normalized spacial score (nSPS) is 10.9. The number of nitrogens with zero attached hydrogens (tertiary/aromatic N) is 4. The van der Waals surface area contributed by atoms with Crippen LogP contribution in [0, 0.1) is 5.82 Å². The number of hydrogen-bond donors (Lipinski definition) is 1. The molecule has 2 aromatic carbocycles. The zero-order valence-corrected chi connectivity index (χ0v) is 17.6. The fourth-order valence-corrected chi connectivity index (χ4v) is 3.49. The van der Waals surface area contributed by atoms with Crippen LogP contribution in [0.2, 0.25) is 5.02 Å². The minimum absolute atomic E-state index is 0.223. The molecule has 0 amide bonds. The van der Waals surface area contributed by atoms with Gasteiger partial charge >= 0.3 is 0 Å². The highest BCUT2D eigenvalue weighted by atomic mass is 35.5. The minimum atomic E-state index is -0.375. The van der Waals surface area contributed by atoms with E-state index in [4.69, 9.17) is 21.1 Å². The van der Waals surface area contributed by atoms with Gasteiger partial charge in [0.1, 0.15) is 12.4 Å². The number of methoxy groups -OCH3 is 1. The molecule has 0 aliphatic heterocycles. The zero-order chi connectivity index (χ0) is 20.6. The third-order valence-electron chi connectivity index (χ3n) is 4.05. The maximum absolute atomic E-state index is 13.2. The van der Waals surface area contributed by atoms with Crippen LogP contribution < -0.4 is 14.8 Å². The summed E-state index contributed by atoms with van der Waals surface area (Å²) in [4.78, 5) is 0. The Morgan fingerprint density at radius 2 is 2.07 bits per heavy atom. The molecule has 0 saturated heterocycles. The van der Waals surface area contributed by atoms with Crippen molar-refractivity contribution in [3.63, 3.8) is 0 Å². The Bertz CT molecular complexity index is 956. The highest BCUT2D eigenvalue weighted by Gasteiger charge is 2.09. The van der Waals surface area contributed by atoms with E-state index in [1.807, 2.05) is 25.2 Å². The lowest BCUT2D eigenvalue weighted by Gasteiger charge is -2.13. The molecular formula is C19H21ClFN5O2S. The first-order valence-electron chi connectivity index (χ1n) is 8.86. The molecule has 1 aromatic heterocycles. The Balaban J connectivity index is 1.49. The summed E-state index contributed by atoms with van der Waals surface area (Å²) in [5, 5.41) is 15.8. The lowest BCUT2D eigenvalue weighted by atomic mass is 10.2. The van der Waals surface area contributed by atoms with Crippen LogP contribution in [0.5, 0.6) is 11.5 Å². The summed E-state index contributed by atoms with van der Waals surface area (Å²) >= 11 is 7.64. The number of tetrazole rings is 1. The summed E-state index contributed by atoms with van der Waals surface area (Å²) in [6.07, 6.45) is 0. The topological polar surface area (TPSA) is 74.1 Å². The van der Waals surface area contributed by atoms with E-state index in [0.29, 0.717) is 28.6 Å². The van der Waals surface area contributed by atoms with Gasteiger partial charge in [0.05, 0.1) is 12.1 Å². The third kappa shape index (κ3) is 6.06. The first-order valence-corrected chi connectivity index (χ1v) is 10.2. The van der Waals surface area contributed by atoms with Crippen molar-refractivity contribution < 1.29 is 13.9 Å². The summed E-state index contributed by atoms with van der Waals surface area (Å²) in [6.45, 7) is 1.72. The Kier molecular flexibility index (Phi) is 7.68. The summed E-state index contributed by atoms with van der Waals surface area (Å²) in [5.74, 6) is 1.70. The van der Waals surface area contributed by atoms with Gasteiger partial charge in [-0.1, -0.05) is 35.5 Å². The number of nitrogens with one attached hydrogen (secondary N) is 1. The van der Waals surface area contributed by atoms with E-state index < -0.39 is 0 Å². The van der Waals surface area contributed by atoms with Gasteiger partial charge in [0.15, 0.2) is 11.5 Å². The summed E-state index contributed by atoms with van der Waals surface area (Å²) in [5.41, 5.74) is 1.77. The molecule has 0 bridgehead atoms. The van der Waals surface area contributed by atoms with Gasteiger partial charge < -0.3 is 14.8 Å². The Labute approximate surface area is 177 Å². The van der Waals surface area contributed by atoms with Crippen LogP contribution in [0.15, 0.2) is 41.6 Å². The van der Waals surface area contributed by atoms with Gasteiger partial charge in [0, 0.05) is 31.5 Å². The second-order valence-electron chi connectivity index (χ2n) is 6.12. The SMILES string of the molecule is COc1cc(CNCCSc2nnnn2C)ccc1OCc1ccc(F)cc1Cl. The molecule has 0 unspecified atom stereocenters. The van der Waals surface area contributed by atoms with Gasteiger partial charge in [-0.25, -0.2) is 9.07 Å². The number of halogens is 2. The number of hydrogen-bond acceptors (Lipinski definition) is 7. The average Bonchev–Trinajstić information content (AvgIpc) is 3.12. The number of benzene rings is 2. The molecular weight excluding hydrogens is 417 g/mol. The number of aryl methyl sites for hydroxylation is 1. The Morgan fingerprint density at radius 3 is 2.79 bits per heavy atom. The van der Waals surface area contributed by atoms with Crippen LogP contribution in [-0.4, -0.2) is 39.6 Å². The molecule has 0 fully saturated rings. The van der Waals surface area contributed by atoms with Crippen LogP contribution in [0.25, 0.3) is 0 Å². The molecule has 1 N–H and O–H groups in total. The highest BCUT2D eigenvalue weighted by molar-refractivity contribution is 7.99. The van der Waals surface area contributed by atoms with Gasteiger partial charge in [0.25, 0.3) is 0 Å². The quantitative estimate of drug-likeness (QED) is 0.384. The van der Waals surface area contributed by atoms with Crippen LogP contribution in [0.4, 0.5) is 4.39 Å². The van der Waals surface area contributed by atoms with Crippen molar-refractivity contribution in [1.29, 1.82) is 0 Å². The molecule has 1 heterocycles. The fourth-order valence-electron chi connectivity index (χ4n) is 2.53. The summed E-state index contributed by atoms with van der Waals surface area (Å²) < 4.78 is 26.0. The van der Waals surface area contributed by atoms with E-state index >= 15 is 0 Å². The zero-order valence-electron chi connectivity index (χ0n) is 16.1. The van der Waals surface area contributed by atoms with Gasteiger partial charge in [-0.3, -0.25) is 0 Å². The number of rotatable bonds is 10. The van der Waals surface area contributed by atoms with Gasteiger partial charge in [-0.15, -0.1) is 5.10 Å². The highest BCUT2D eigenvalue weighted by Crippen LogP contribution is 2.29. The average molecular weight is 438 g/mol. The van der Waals surface area contributed by atoms with E-state index in [9.17, 15) is 4.39 Å². The van der Waals surface area contributed by atoms with Crippen LogP contribution in [0.1, 0.15) is 11.1 Å². The first kappa shape index (κ1) is 21.4. The second kappa shape index (κ2) is 10.4. The Morgan fingerprint density at radius 1 is 1.21 bits per heavy atom. The molecule has 3 aromatic rings. The van der Waals surface area contributed by atoms with E-state index in [2.05, 4.69) is 20.8 Å². The first-order chi connectivity index (χ1) is 14.1. The van der Waals surface area contributed by atoms with Crippen molar-refractivity contribution in [2.24, 2.45) is 7.05 Å². The molecule has 0 spiro atoms. The summed E-state index contributed by atoms with van der Waals surface area (Å²) in [6, 6.07) is 9.98. The minimum Gasteiger partial charge on any atom is -0.493 e. The molecule has 0 aliphatic carbocycles.